The summed E-state index contributed by atoms with van der Waals surface area (Å²) < 4.78 is 17.5. The Bertz CT molecular complexity index is 3830. The smallest absolute Gasteiger partial charge is 0.153 e. The number of benzene rings is 8. The van der Waals surface area contributed by atoms with Gasteiger partial charge in [0.2, 0.25) is 0 Å². The second-order valence-corrected chi connectivity index (χ2v) is 15.3. The van der Waals surface area contributed by atoms with Gasteiger partial charge in [-0.25, -0.2) is 0 Å². The Kier molecular flexibility index (Phi) is 6.50. The maximum absolute atomic E-state index is 11.4. The van der Waals surface area contributed by atoms with Gasteiger partial charge < -0.3 is 23.1 Å². The summed E-state index contributed by atoms with van der Waals surface area (Å²) in [6.07, 6.45) is 1.79. The van der Waals surface area contributed by atoms with Gasteiger partial charge in [0.05, 0.1) is 27.5 Å². The van der Waals surface area contributed by atoms with Crippen LogP contribution in [0.4, 0.5) is 0 Å². The van der Waals surface area contributed by atoms with Crippen LogP contribution in [0.5, 0.6) is 5.75 Å². The number of para-hydroxylation sites is 3. The molecule has 6 heteroatoms. The summed E-state index contributed by atoms with van der Waals surface area (Å²) in [7, 11) is 0. The number of phenols is 1. The van der Waals surface area contributed by atoms with E-state index in [2.05, 4.69) is 148 Å². The zero-order valence-electron chi connectivity index (χ0n) is 31.4. The van der Waals surface area contributed by atoms with Gasteiger partial charge in [-0.1, -0.05) is 78.9 Å². The number of hydrogen-bond donors (Lipinski definition) is 1. The lowest BCUT2D eigenvalue weighted by atomic mass is 9.97. The van der Waals surface area contributed by atoms with Crippen molar-refractivity contribution in [2.45, 2.75) is 0 Å². The number of phenolic OH excluding ortho intramolecular Hbond substituents is 1. The largest absolute Gasteiger partial charge is 0.507 e. The Labute approximate surface area is 336 Å². The van der Waals surface area contributed by atoms with Gasteiger partial charge in [-0.15, -0.1) is 0 Å². The Morgan fingerprint density at radius 2 is 1.07 bits per heavy atom. The van der Waals surface area contributed by atoms with E-state index in [9.17, 15) is 5.11 Å². The molecule has 0 atom stereocenters. The van der Waals surface area contributed by atoms with Crippen LogP contribution in [-0.4, -0.2) is 19.2 Å². The molecule has 0 bridgehead atoms. The number of furan rings is 2. The van der Waals surface area contributed by atoms with Crippen molar-refractivity contribution in [3.8, 4) is 39.4 Å². The van der Waals surface area contributed by atoms with Gasteiger partial charge >= 0.3 is 0 Å². The second kappa shape index (κ2) is 12.0. The first-order valence-corrected chi connectivity index (χ1v) is 19.7. The van der Waals surface area contributed by atoms with Crippen LogP contribution in [0.25, 0.3) is 121 Å². The van der Waals surface area contributed by atoms with E-state index in [-0.39, 0.29) is 5.75 Å². The fourth-order valence-electron chi connectivity index (χ4n) is 9.43. The zero-order chi connectivity index (χ0) is 38.8. The molecule has 59 heavy (non-hydrogen) atoms. The summed E-state index contributed by atoms with van der Waals surface area (Å²) in [4.78, 5) is 4.58. The van der Waals surface area contributed by atoms with E-state index in [0.29, 0.717) is 0 Å². The fourth-order valence-corrected chi connectivity index (χ4v) is 9.43. The molecule has 0 aliphatic carbocycles. The van der Waals surface area contributed by atoms with E-state index in [1.54, 1.807) is 12.3 Å². The van der Waals surface area contributed by atoms with Crippen LogP contribution in [-0.2, 0) is 0 Å². The molecule has 5 aromatic heterocycles. The highest BCUT2D eigenvalue weighted by Crippen LogP contribution is 2.43. The van der Waals surface area contributed by atoms with Crippen LogP contribution >= 0.6 is 0 Å². The normalized spacial score (nSPS) is 12.1. The molecule has 0 spiro atoms. The van der Waals surface area contributed by atoms with Gasteiger partial charge in [-0.3, -0.25) is 4.98 Å². The van der Waals surface area contributed by atoms with Crippen LogP contribution in [0.2, 0.25) is 0 Å². The number of rotatable bonds is 4. The van der Waals surface area contributed by atoms with Gasteiger partial charge in [0.25, 0.3) is 0 Å². The van der Waals surface area contributed by atoms with Gasteiger partial charge in [0, 0.05) is 55.5 Å². The van der Waals surface area contributed by atoms with Gasteiger partial charge in [-0.05, 0) is 114 Å². The average Bonchev–Trinajstić information content (AvgIpc) is 4.04. The van der Waals surface area contributed by atoms with E-state index in [1.165, 1.54) is 21.8 Å². The number of aromatic nitrogens is 3. The maximum Gasteiger partial charge on any atom is 0.153 e. The van der Waals surface area contributed by atoms with Crippen LogP contribution in [0, 0.1) is 0 Å². The van der Waals surface area contributed by atoms with Crippen molar-refractivity contribution in [2.24, 2.45) is 0 Å². The van der Waals surface area contributed by atoms with Crippen molar-refractivity contribution in [1.29, 1.82) is 0 Å². The molecule has 5 heterocycles. The topological polar surface area (TPSA) is 69.3 Å². The Morgan fingerprint density at radius 1 is 0.407 bits per heavy atom. The van der Waals surface area contributed by atoms with Crippen molar-refractivity contribution < 1.29 is 13.9 Å². The highest BCUT2D eigenvalue weighted by molar-refractivity contribution is 6.24. The van der Waals surface area contributed by atoms with Crippen LogP contribution in [0.1, 0.15) is 0 Å². The Balaban J connectivity index is 0.962. The van der Waals surface area contributed by atoms with Crippen molar-refractivity contribution >= 4 is 87.6 Å². The molecule has 276 valence electrons. The van der Waals surface area contributed by atoms with Gasteiger partial charge in [0.15, 0.2) is 5.58 Å². The summed E-state index contributed by atoms with van der Waals surface area (Å²) >= 11 is 0. The predicted molar refractivity (Wildman–Crippen MR) is 240 cm³/mol. The summed E-state index contributed by atoms with van der Waals surface area (Å²) in [5, 5.41) is 19.1. The molecular formula is C53H31N3O3. The highest BCUT2D eigenvalue weighted by Gasteiger charge is 2.21. The summed E-state index contributed by atoms with van der Waals surface area (Å²) in [5.74, 6) is 0.214. The van der Waals surface area contributed by atoms with Crippen LogP contribution in [0.15, 0.2) is 191 Å². The van der Waals surface area contributed by atoms with Gasteiger partial charge in [0.1, 0.15) is 28.0 Å². The quantitative estimate of drug-likeness (QED) is 0.194. The lowest BCUT2D eigenvalue weighted by molar-refractivity contribution is 0.477. The number of fused-ring (bicyclic) bond motifs is 13. The molecule has 0 saturated carbocycles. The van der Waals surface area contributed by atoms with Crippen LogP contribution < -0.4 is 0 Å². The number of nitrogens with zero attached hydrogens (tertiary/aromatic N) is 3. The third-order valence-corrected chi connectivity index (χ3v) is 12.1. The van der Waals surface area contributed by atoms with Crippen molar-refractivity contribution in [3.63, 3.8) is 0 Å². The number of pyridine rings is 1. The van der Waals surface area contributed by atoms with Crippen LogP contribution in [0.3, 0.4) is 0 Å². The minimum Gasteiger partial charge on any atom is -0.507 e. The number of hydrogen-bond acceptors (Lipinski definition) is 4. The molecule has 6 nitrogen and oxygen atoms in total. The van der Waals surface area contributed by atoms with E-state index in [0.717, 1.165) is 99.4 Å². The standard InChI is InChI=1S/C53H31N3O3/c57-47-23-19-34(29-40(47)33-10-7-9-31(27-33)32-18-24-49-42(28-32)52-50(58-49)17-8-26-54-52)56-45-16-6-3-13-39(45)51-46(56)22-21-38-41-30-35(20-25-48(41)59-53(38)51)55-43-14-4-1-11-36(43)37-12-2-5-15-44(37)55/h1-30,57H. The first-order valence-electron chi connectivity index (χ1n) is 19.7. The van der Waals surface area contributed by atoms with E-state index < -0.39 is 0 Å². The zero-order valence-corrected chi connectivity index (χ0v) is 31.4. The van der Waals surface area contributed by atoms with E-state index in [4.69, 9.17) is 8.83 Å². The highest BCUT2D eigenvalue weighted by atomic mass is 16.3. The third-order valence-electron chi connectivity index (χ3n) is 12.1. The first kappa shape index (κ1) is 32.0. The molecule has 1 N–H and O–H groups in total. The minimum atomic E-state index is 0.214. The second-order valence-electron chi connectivity index (χ2n) is 15.3. The summed E-state index contributed by atoms with van der Waals surface area (Å²) in [5.41, 5.74) is 14.3. The van der Waals surface area contributed by atoms with E-state index >= 15 is 0 Å². The van der Waals surface area contributed by atoms with Crippen molar-refractivity contribution in [1.82, 2.24) is 14.1 Å². The lowest BCUT2D eigenvalue weighted by Gasteiger charge is -2.13. The Morgan fingerprint density at radius 3 is 1.90 bits per heavy atom. The SMILES string of the molecule is Oc1ccc(-n2c3ccccc3c3c4oc5ccc(-n6c7ccccc7c7ccccc76)cc5c4ccc32)cc1-c1cccc(-c2ccc3oc4cccnc4c3c2)c1. The minimum absolute atomic E-state index is 0.214. The Hall–Kier alpha value is -8.09. The maximum atomic E-state index is 11.4. The number of aromatic hydroxyl groups is 1. The molecule has 0 aliphatic rings. The van der Waals surface area contributed by atoms with Crippen molar-refractivity contribution in [2.75, 3.05) is 0 Å². The molecule has 8 aromatic carbocycles. The molecular weight excluding hydrogens is 727 g/mol. The fraction of sp³-hybridized carbons (Fsp3) is 0. The molecule has 13 aromatic rings. The molecule has 0 aliphatic heterocycles. The molecule has 0 radical (unpaired) electrons. The van der Waals surface area contributed by atoms with E-state index in [1.807, 2.05) is 36.4 Å². The molecule has 0 saturated heterocycles. The summed E-state index contributed by atoms with van der Waals surface area (Å²) in [6, 6.07) is 60.8. The average molecular weight is 758 g/mol. The molecule has 13 rings (SSSR count). The lowest BCUT2D eigenvalue weighted by Crippen LogP contribution is -1.94. The molecule has 0 amide bonds. The first-order chi connectivity index (χ1) is 29.2. The molecule has 0 unspecified atom stereocenters. The molecule has 0 fully saturated rings. The predicted octanol–water partition coefficient (Wildman–Crippen LogP) is 14.1. The third kappa shape index (κ3) is 4.59. The van der Waals surface area contributed by atoms with Crippen molar-refractivity contribution in [3.05, 3.63) is 182 Å². The summed E-state index contributed by atoms with van der Waals surface area (Å²) in [6.45, 7) is 0. The monoisotopic (exact) mass is 757 g/mol. The van der Waals surface area contributed by atoms with Gasteiger partial charge in [-0.2, -0.15) is 0 Å².